The highest BCUT2D eigenvalue weighted by molar-refractivity contribution is 6.04. The van der Waals surface area contributed by atoms with E-state index in [4.69, 9.17) is 0 Å². The Morgan fingerprint density at radius 3 is 2.79 bits per heavy atom. The van der Waals surface area contributed by atoms with Crippen LogP contribution in [0.3, 0.4) is 0 Å². The van der Waals surface area contributed by atoms with Crippen LogP contribution >= 0.6 is 0 Å². The van der Waals surface area contributed by atoms with E-state index in [2.05, 4.69) is 25.3 Å². The van der Waals surface area contributed by atoms with Gasteiger partial charge in [0.2, 0.25) is 0 Å². The van der Waals surface area contributed by atoms with Crippen LogP contribution < -0.4 is 5.32 Å². The van der Waals surface area contributed by atoms with Gasteiger partial charge in [-0.2, -0.15) is 0 Å². The molecule has 0 radical (unpaired) electrons. The van der Waals surface area contributed by atoms with Crippen molar-refractivity contribution in [1.29, 1.82) is 0 Å². The lowest BCUT2D eigenvalue weighted by Crippen LogP contribution is -2.11. The van der Waals surface area contributed by atoms with Crippen molar-refractivity contribution in [1.82, 2.24) is 19.9 Å². The number of carbonyl (C=O) groups excluding carboxylic acids is 1. The van der Waals surface area contributed by atoms with Crippen molar-refractivity contribution in [2.24, 2.45) is 0 Å². The van der Waals surface area contributed by atoms with Crippen molar-refractivity contribution in [3.05, 3.63) is 72.7 Å². The summed E-state index contributed by atoms with van der Waals surface area (Å²) in [5.41, 5.74) is 3.62. The minimum absolute atomic E-state index is 0.202. The minimum atomic E-state index is -0.202. The van der Waals surface area contributed by atoms with Crippen LogP contribution in [0.15, 0.2) is 67.1 Å². The van der Waals surface area contributed by atoms with E-state index in [-0.39, 0.29) is 5.91 Å². The summed E-state index contributed by atoms with van der Waals surface area (Å²) in [6, 6.07) is 14.6. The summed E-state index contributed by atoms with van der Waals surface area (Å²) in [5, 5.41) is 2.86. The lowest BCUT2D eigenvalue weighted by Gasteiger charge is -2.04. The summed E-state index contributed by atoms with van der Waals surface area (Å²) in [6.07, 6.45) is 4.89. The van der Waals surface area contributed by atoms with Gasteiger partial charge in [0.15, 0.2) is 5.82 Å². The first-order chi connectivity index (χ1) is 11.8. The first-order valence-corrected chi connectivity index (χ1v) is 7.42. The van der Waals surface area contributed by atoms with Crippen molar-refractivity contribution in [3.63, 3.8) is 0 Å². The van der Waals surface area contributed by atoms with Crippen LogP contribution in [-0.2, 0) is 0 Å². The molecule has 6 nitrogen and oxygen atoms in total. The molecule has 0 aliphatic rings. The number of fused-ring (bicyclic) bond motifs is 1. The standard InChI is InChI=1S/C18H13N5O/c24-18(12-4-3-8-19-11-12)21-13-6-7-14-16(10-13)23-17(22-14)15-5-1-2-9-20-15/h1-11H,(H,21,24)(H,22,23). The number of imidazole rings is 1. The largest absolute Gasteiger partial charge is 0.337 e. The second-order valence-corrected chi connectivity index (χ2v) is 5.23. The number of nitrogens with one attached hydrogen (secondary N) is 2. The monoisotopic (exact) mass is 315 g/mol. The maximum Gasteiger partial charge on any atom is 0.257 e. The third-order valence-electron chi connectivity index (χ3n) is 3.57. The average Bonchev–Trinajstić information content (AvgIpc) is 3.06. The Kier molecular flexibility index (Phi) is 3.47. The molecule has 1 aromatic carbocycles. The number of nitrogens with zero attached hydrogens (tertiary/aromatic N) is 3. The number of benzene rings is 1. The molecule has 24 heavy (non-hydrogen) atoms. The molecule has 0 aliphatic heterocycles. The number of aromatic nitrogens is 4. The van der Waals surface area contributed by atoms with E-state index >= 15 is 0 Å². The summed E-state index contributed by atoms with van der Waals surface area (Å²) in [5.74, 6) is 0.494. The van der Waals surface area contributed by atoms with Crippen LogP contribution in [0.5, 0.6) is 0 Å². The SMILES string of the molecule is O=C(Nc1ccc2nc(-c3ccccn3)[nH]c2c1)c1cccnc1. The van der Waals surface area contributed by atoms with Crippen molar-refractivity contribution in [2.45, 2.75) is 0 Å². The first-order valence-electron chi connectivity index (χ1n) is 7.42. The van der Waals surface area contributed by atoms with Crippen molar-refractivity contribution in [2.75, 3.05) is 5.32 Å². The van der Waals surface area contributed by atoms with E-state index in [9.17, 15) is 4.79 Å². The maximum absolute atomic E-state index is 12.2. The van der Waals surface area contributed by atoms with E-state index in [1.54, 1.807) is 24.5 Å². The first kappa shape index (κ1) is 14.1. The Morgan fingerprint density at radius 2 is 2.00 bits per heavy atom. The molecule has 0 unspecified atom stereocenters. The highest BCUT2D eigenvalue weighted by atomic mass is 16.1. The Morgan fingerprint density at radius 1 is 1.04 bits per heavy atom. The van der Waals surface area contributed by atoms with Gasteiger partial charge in [-0.05, 0) is 42.5 Å². The Bertz CT molecular complexity index is 996. The van der Waals surface area contributed by atoms with E-state index in [1.165, 1.54) is 6.20 Å². The summed E-state index contributed by atoms with van der Waals surface area (Å²) >= 11 is 0. The number of rotatable bonds is 3. The maximum atomic E-state index is 12.2. The number of pyridine rings is 2. The smallest absolute Gasteiger partial charge is 0.257 e. The molecule has 0 bridgehead atoms. The van der Waals surface area contributed by atoms with E-state index in [1.807, 2.05) is 36.4 Å². The quantitative estimate of drug-likeness (QED) is 0.608. The normalized spacial score (nSPS) is 10.7. The zero-order valence-electron chi connectivity index (χ0n) is 12.6. The van der Waals surface area contributed by atoms with Gasteiger partial charge < -0.3 is 10.3 Å². The molecule has 3 aromatic heterocycles. The molecule has 4 aromatic rings. The van der Waals surface area contributed by atoms with Crippen LogP contribution in [0.25, 0.3) is 22.6 Å². The number of aromatic amines is 1. The summed E-state index contributed by atoms with van der Waals surface area (Å²) in [7, 11) is 0. The van der Waals surface area contributed by atoms with Gasteiger partial charge in [0.1, 0.15) is 5.69 Å². The third-order valence-corrected chi connectivity index (χ3v) is 3.57. The van der Waals surface area contributed by atoms with Crippen LogP contribution in [-0.4, -0.2) is 25.8 Å². The lowest BCUT2D eigenvalue weighted by atomic mass is 10.2. The minimum Gasteiger partial charge on any atom is -0.337 e. The van der Waals surface area contributed by atoms with Gasteiger partial charge in [0, 0.05) is 24.3 Å². The number of amides is 1. The van der Waals surface area contributed by atoms with Crippen molar-refractivity contribution in [3.8, 4) is 11.5 Å². The second-order valence-electron chi connectivity index (χ2n) is 5.23. The molecule has 4 rings (SSSR count). The van der Waals surface area contributed by atoms with Gasteiger partial charge >= 0.3 is 0 Å². The van der Waals surface area contributed by atoms with Crippen LogP contribution in [0.4, 0.5) is 5.69 Å². The zero-order valence-corrected chi connectivity index (χ0v) is 12.6. The third kappa shape index (κ3) is 2.72. The zero-order chi connectivity index (χ0) is 16.4. The van der Waals surface area contributed by atoms with Gasteiger partial charge in [0.05, 0.1) is 16.6 Å². The average molecular weight is 315 g/mol. The molecule has 116 valence electrons. The summed E-state index contributed by atoms with van der Waals surface area (Å²) in [4.78, 5) is 28.2. The number of carbonyl (C=O) groups is 1. The van der Waals surface area contributed by atoms with Crippen LogP contribution in [0.2, 0.25) is 0 Å². The summed E-state index contributed by atoms with van der Waals surface area (Å²) < 4.78 is 0. The molecule has 6 heteroatoms. The molecule has 3 heterocycles. The number of hydrogen-bond acceptors (Lipinski definition) is 4. The van der Waals surface area contributed by atoms with Crippen LogP contribution in [0.1, 0.15) is 10.4 Å². The number of hydrogen-bond donors (Lipinski definition) is 2. The van der Waals surface area contributed by atoms with Gasteiger partial charge in [-0.25, -0.2) is 4.98 Å². The molecule has 0 atom stereocenters. The molecule has 1 amide bonds. The predicted molar refractivity (Wildman–Crippen MR) is 91.5 cm³/mol. The molecule has 0 saturated heterocycles. The van der Waals surface area contributed by atoms with Gasteiger partial charge in [-0.1, -0.05) is 6.07 Å². The lowest BCUT2D eigenvalue weighted by molar-refractivity contribution is 0.102. The predicted octanol–water partition coefficient (Wildman–Crippen LogP) is 3.27. The Hall–Kier alpha value is -3.54. The van der Waals surface area contributed by atoms with Gasteiger partial charge in [0.25, 0.3) is 5.91 Å². The molecule has 0 spiro atoms. The summed E-state index contributed by atoms with van der Waals surface area (Å²) in [6.45, 7) is 0. The van der Waals surface area contributed by atoms with Crippen molar-refractivity contribution >= 4 is 22.6 Å². The van der Waals surface area contributed by atoms with Crippen LogP contribution in [0, 0.1) is 0 Å². The number of H-pyrrole nitrogens is 1. The fourth-order valence-corrected chi connectivity index (χ4v) is 2.41. The van der Waals surface area contributed by atoms with Gasteiger partial charge in [-0.15, -0.1) is 0 Å². The topological polar surface area (TPSA) is 83.6 Å². The molecule has 0 saturated carbocycles. The van der Waals surface area contributed by atoms with E-state index in [0.717, 1.165) is 16.7 Å². The van der Waals surface area contributed by atoms with Gasteiger partial charge in [-0.3, -0.25) is 14.8 Å². The molecule has 0 aliphatic carbocycles. The molecular formula is C18H13N5O. The Balaban J connectivity index is 1.63. The fourth-order valence-electron chi connectivity index (χ4n) is 2.41. The molecule has 2 N–H and O–H groups in total. The van der Waals surface area contributed by atoms with E-state index in [0.29, 0.717) is 17.1 Å². The number of anilines is 1. The highest BCUT2D eigenvalue weighted by Gasteiger charge is 2.09. The second kappa shape index (κ2) is 5.92. The van der Waals surface area contributed by atoms with E-state index < -0.39 is 0 Å². The molecular weight excluding hydrogens is 302 g/mol. The fraction of sp³-hybridized carbons (Fsp3) is 0. The highest BCUT2D eigenvalue weighted by Crippen LogP contribution is 2.21. The van der Waals surface area contributed by atoms with Crippen molar-refractivity contribution < 1.29 is 4.79 Å². The molecule has 0 fully saturated rings. The Labute approximate surface area is 137 Å².